The van der Waals surface area contributed by atoms with Crippen molar-refractivity contribution >= 4 is 31.8 Å². The van der Waals surface area contributed by atoms with Crippen LogP contribution >= 0.6 is 0 Å². The van der Waals surface area contributed by atoms with Gasteiger partial charge in [-0.2, -0.15) is 0 Å². The van der Waals surface area contributed by atoms with E-state index in [9.17, 15) is 9.90 Å². The molecule has 11 heavy (non-hydrogen) atoms. The molecule has 4 nitrogen and oxygen atoms in total. The van der Waals surface area contributed by atoms with Gasteiger partial charge in [0.15, 0.2) is 0 Å². The topological polar surface area (TPSA) is 100 Å². The van der Waals surface area contributed by atoms with Crippen molar-refractivity contribution in [1.29, 1.82) is 0 Å². The molecule has 0 aliphatic carbocycles. The number of carboxylic acid groups (broad SMARTS) is 1. The molecule has 0 radical (unpaired) electrons. The Labute approximate surface area is 85.4 Å². The zero-order valence-corrected chi connectivity index (χ0v) is 9.91. The molecule has 64 valence electrons. The number of carbonyl (C=O) groups is 1. The van der Waals surface area contributed by atoms with Crippen molar-refractivity contribution in [3.63, 3.8) is 0 Å². The van der Waals surface area contributed by atoms with Crippen LogP contribution in [0.3, 0.4) is 0 Å². The van der Waals surface area contributed by atoms with Gasteiger partial charge in [0, 0.05) is 5.97 Å². The minimum absolute atomic E-state index is 0. The summed E-state index contributed by atoms with van der Waals surface area (Å²) in [5, 5.41) is 9.76. The van der Waals surface area contributed by atoms with Crippen LogP contribution in [0, 0.1) is 0 Å². The molecular weight excluding hydrogens is 251 g/mol. The fourth-order valence-electron chi connectivity index (χ4n) is 0.519. The summed E-state index contributed by atoms with van der Waals surface area (Å²) < 4.78 is 0. The van der Waals surface area contributed by atoms with Crippen molar-refractivity contribution < 1.29 is 20.9 Å². The second-order valence-electron chi connectivity index (χ2n) is 1.83. The molecule has 0 aliphatic rings. The monoisotopic (exact) mass is 264 g/mol. The Morgan fingerprint density at radius 2 is 1.73 bits per heavy atom. The second kappa shape index (κ2) is 16.7. The molecule has 0 aromatic carbocycles. The van der Waals surface area contributed by atoms with Crippen LogP contribution in [0.2, 0.25) is 0 Å². The minimum atomic E-state index is -0.932. The molecule has 0 spiro atoms. The third kappa shape index (κ3) is 25.3. The van der Waals surface area contributed by atoms with Crippen LogP contribution in [-0.4, -0.2) is 42.8 Å². The van der Waals surface area contributed by atoms with Crippen molar-refractivity contribution in [2.24, 2.45) is 0 Å². The van der Waals surface area contributed by atoms with Crippen molar-refractivity contribution in [1.82, 2.24) is 0 Å². The van der Waals surface area contributed by atoms with Gasteiger partial charge in [0.2, 0.25) is 0 Å². The predicted molar refractivity (Wildman–Crippen MR) is 38.8 cm³/mol. The standard InChI is InChI=1S/C6H12O2.In.2H2O/c1-2-3-4-5-6(7)8;;;/h2-5H2,1H3,(H,7,8);;2*1H2/q;+3;;/p-3. The van der Waals surface area contributed by atoms with E-state index < -0.39 is 5.97 Å². The fourth-order valence-corrected chi connectivity index (χ4v) is 0.519. The predicted octanol–water partition coefficient (Wildman–Crippen LogP) is -0.418. The normalized spacial score (nSPS) is 6.64. The first-order chi connectivity index (χ1) is 3.77. The average Bonchev–Trinajstić information content (AvgIpc) is 1.66. The Morgan fingerprint density at radius 3 is 2.00 bits per heavy atom. The van der Waals surface area contributed by atoms with Crippen LogP contribution in [0.25, 0.3) is 0 Å². The van der Waals surface area contributed by atoms with E-state index in [1.165, 1.54) is 0 Å². The van der Waals surface area contributed by atoms with Crippen LogP contribution in [-0.2, 0) is 4.79 Å². The van der Waals surface area contributed by atoms with Crippen molar-refractivity contribution in [3.8, 4) is 0 Å². The van der Waals surface area contributed by atoms with Crippen LogP contribution in [0.15, 0.2) is 0 Å². The van der Waals surface area contributed by atoms with E-state index in [-0.39, 0.29) is 43.2 Å². The van der Waals surface area contributed by atoms with Crippen molar-refractivity contribution in [2.75, 3.05) is 0 Å². The molecule has 0 saturated carbocycles. The minimum Gasteiger partial charge on any atom is -0.870 e. The van der Waals surface area contributed by atoms with E-state index in [1.807, 2.05) is 6.92 Å². The summed E-state index contributed by atoms with van der Waals surface area (Å²) >= 11 is 0. The maximum atomic E-state index is 9.76. The molecule has 2 N–H and O–H groups in total. The first-order valence-electron chi connectivity index (χ1n) is 2.97. The van der Waals surface area contributed by atoms with E-state index in [0.717, 1.165) is 19.3 Å². The summed E-state index contributed by atoms with van der Waals surface area (Å²) in [6.07, 6.45) is 3.04. The van der Waals surface area contributed by atoms with E-state index in [2.05, 4.69) is 0 Å². The molecular formula is C6H13InO4. The van der Waals surface area contributed by atoms with Crippen LogP contribution in [0.5, 0.6) is 0 Å². The van der Waals surface area contributed by atoms with Gasteiger partial charge < -0.3 is 20.9 Å². The maximum absolute atomic E-state index is 9.76. The van der Waals surface area contributed by atoms with E-state index >= 15 is 0 Å². The summed E-state index contributed by atoms with van der Waals surface area (Å²) in [6, 6.07) is 0. The van der Waals surface area contributed by atoms with Gasteiger partial charge in [-0.3, -0.25) is 0 Å². The van der Waals surface area contributed by atoms with Crippen molar-refractivity contribution in [2.45, 2.75) is 32.6 Å². The number of hydrogen-bond donors (Lipinski definition) is 0. The molecule has 0 aromatic heterocycles. The zero-order valence-electron chi connectivity index (χ0n) is 6.62. The first-order valence-corrected chi connectivity index (χ1v) is 2.97. The molecule has 0 aliphatic heterocycles. The van der Waals surface area contributed by atoms with Gasteiger partial charge in [0.05, 0.1) is 0 Å². The Hall–Kier alpha value is 0.260. The van der Waals surface area contributed by atoms with Crippen LogP contribution < -0.4 is 5.11 Å². The average molecular weight is 264 g/mol. The summed E-state index contributed by atoms with van der Waals surface area (Å²) in [5.41, 5.74) is 0. The molecule has 0 heterocycles. The van der Waals surface area contributed by atoms with E-state index in [4.69, 9.17) is 0 Å². The third-order valence-corrected chi connectivity index (χ3v) is 0.984. The van der Waals surface area contributed by atoms with Gasteiger partial charge in [-0.05, 0) is 12.8 Å². The number of carbonyl (C=O) groups excluding carboxylic acids is 1. The molecule has 0 fully saturated rings. The number of hydrogen-bond acceptors (Lipinski definition) is 4. The molecule has 0 bridgehead atoms. The molecule has 0 atom stereocenters. The van der Waals surface area contributed by atoms with Crippen molar-refractivity contribution in [3.05, 3.63) is 0 Å². The molecule has 0 rings (SSSR count). The van der Waals surface area contributed by atoms with Crippen LogP contribution in [0.1, 0.15) is 32.6 Å². The van der Waals surface area contributed by atoms with Crippen LogP contribution in [0.4, 0.5) is 0 Å². The number of aliphatic carboxylic acids is 1. The summed E-state index contributed by atoms with van der Waals surface area (Å²) in [4.78, 5) is 9.76. The van der Waals surface area contributed by atoms with Gasteiger partial charge in [0.1, 0.15) is 0 Å². The number of carboxylic acids is 1. The number of unbranched alkanes of at least 4 members (excludes halogenated alkanes) is 2. The fraction of sp³-hybridized carbons (Fsp3) is 0.833. The molecule has 0 saturated heterocycles. The smallest absolute Gasteiger partial charge is 0.870 e. The summed E-state index contributed by atoms with van der Waals surface area (Å²) in [5.74, 6) is -0.932. The summed E-state index contributed by atoms with van der Waals surface area (Å²) in [6.45, 7) is 2.04. The third-order valence-electron chi connectivity index (χ3n) is 0.984. The van der Waals surface area contributed by atoms with E-state index in [0.29, 0.717) is 0 Å². The maximum Gasteiger partial charge on any atom is 3.00 e. The largest absolute Gasteiger partial charge is 3.00 e. The van der Waals surface area contributed by atoms with Gasteiger partial charge >= 0.3 is 25.8 Å². The molecule has 0 aromatic rings. The number of rotatable bonds is 4. The quantitative estimate of drug-likeness (QED) is 0.643. The molecule has 0 unspecified atom stereocenters. The Balaban J connectivity index is -0.0000000817. The molecule has 5 heteroatoms. The SMILES string of the molecule is CCCCCC(=O)[O-].[In+3].[OH-].[OH-]. The van der Waals surface area contributed by atoms with Gasteiger partial charge in [-0.15, -0.1) is 0 Å². The Kier molecular flexibility index (Phi) is 34.1. The zero-order chi connectivity index (χ0) is 6.41. The second-order valence-corrected chi connectivity index (χ2v) is 1.83. The van der Waals surface area contributed by atoms with Gasteiger partial charge in [-0.1, -0.05) is 19.8 Å². The Morgan fingerprint density at radius 1 is 1.27 bits per heavy atom. The first kappa shape index (κ1) is 22.5. The molecule has 0 amide bonds. The summed E-state index contributed by atoms with van der Waals surface area (Å²) in [7, 11) is 0. The van der Waals surface area contributed by atoms with Gasteiger partial charge in [0.25, 0.3) is 0 Å². The van der Waals surface area contributed by atoms with E-state index in [1.54, 1.807) is 0 Å². The van der Waals surface area contributed by atoms with Gasteiger partial charge in [-0.25, -0.2) is 0 Å². The Bertz CT molecular complexity index is 77.0.